The van der Waals surface area contributed by atoms with E-state index in [0.29, 0.717) is 18.7 Å². The molecule has 1 unspecified atom stereocenters. The molecule has 1 aromatic rings. The van der Waals surface area contributed by atoms with Crippen LogP contribution in [0.4, 0.5) is 23.7 Å². The average Bonchev–Trinajstić information content (AvgIpc) is 2.87. The van der Waals surface area contributed by atoms with Crippen LogP contribution in [-0.2, 0) is 0 Å². The molecule has 1 aliphatic heterocycles. The first-order valence-corrected chi connectivity index (χ1v) is 6.22. The predicted molar refractivity (Wildman–Crippen MR) is 67.5 cm³/mol. The number of rotatable bonds is 2. The zero-order valence-electron chi connectivity index (χ0n) is 10.9. The van der Waals surface area contributed by atoms with Gasteiger partial charge in [-0.25, -0.2) is 4.79 Å². The Morgan fingerprint density at radius 2 is 2.05 bits per heavy atom. The van der Waals surface area contributed by atoms with E-state index < -0.39 is 18.4 Å². The summed E-state index contributed by atoms with van der Waals surface area (Å²) in [5, 5.41) is 11.4. The van der Waals surface area contributed by atoms with Crippen LogP contribution in [0.2, 0.25) is 0 Å². The Balaban J connectivity index is 1.97. The molecule has 21 heavy (non-hydrogen) atoms. The van der Waals surface area contributed by atoms with Gasteiger partial charge < -0.3 is 15.0 Å². The van der Waals surface area contributed by atoms with Crippen LogP contribution in [0.1, 0.15) is 12.8 Å². The number of halogens is 3. The van der Waals surface area contributed by atoms with Crippen molar-refractivity contribution in [3.8, 4) is 11.8 Å². The van der Waals surface area contributed by atoms with Crippen LogP contribution in [0.5, 0.6) is 5.75 Å². The van der Waals surface area contributed by atoms with Crippen LogP contribution >= 0.6 is 0 Å². The largest absolute Gasteiger partial charge is 0.573 e. The first-order valence-electron chi connectivity index (χ1n) is 6.22. The van der Waals surface area contributed by atoms with Crippen molar-refractivity contribution in [3.05, 3.63) is 24.3 Å². The summed E-state index contributed by atoms with van der Waals surface area (Å²) in [6.07, 6.45) is -3.37. The van der Waals surface area contributed by atoms with E-state index in [4.69, 9.17) is 5.26 Å². The Hall–Kier alpha value is -2.43. The Morgan fingerprint density at radius 3 is 2.62 bits per heavy atom. The number of benzene rings is 1. The van der Waals surface area contributed by atoms with Gasteiger partial charge in [0, 0.05) is 12.2 Å². The van der Waals surface area contributed by atoms with Crippen molar-refractivity contribution in [2.45, 2.75) is 25.2 Å². The van der Waals surface area contributed by atoms with Crippen molar-refractivity contribution in [1.82, 2.24) is 4.90 Å². The maximum atomic E-state index is 12.0. The number of anilines is 1. The van der Waals surface area contributed by atoms with Gasteiger partial charge in [0.1, 0.15) is 11.8 Å². The second-order valence-electron chi connectivity index (χ2n) is 4.48. The van der Waals surface area contributed by atoms with E-state index in [1.165, 1.54) is 17.0 Å². The molecule has 1 heterocycles. The highest BCUT2D eigenvalue weighted by Gasteiger charge is 2.31. The monoisotopic (exact) mass is 299 g/mol. The SMILES string of the molecule is N#CC1CCCN1C(=O)Nc1ccc(OC(F)(F)F)cc1. The molecule has 1 N–H and O–H groups in total. The molecule has 0 saturated carbocycles. The van der Waals surface area contributed by atoms with Crippen LogP contribution in [0.15, 0.2) is 24.3 Å². The van der Waals surface area contributed by atoms with Gasteiger partial charge in [0.2, 0.25) is 0 Å². The Bertz CT molecular complexity index is 551. The minimum Gasteiger partial charge on any atom is -0.406 e. The first-order chi connectivity index (χ1) is 9.89. The summed E-state index contributed by atoms with van der Waals surface area (Å²) in [4.78, 5) is 13.4. The van der Waals surface area contributed by atoms with Crippen LogP contribution in [0, 0.1) is 11.3 Å². The van der Waals surface area contributed by atoms with E-state index in [1.54, 1.807) is 0 Å². The molecular formula is C13H12F3N3O2. The number of hydrogen-bond acceptors (Lipinski definition) is 3. The molecule has 2 rings (SSSR count). The van der Waals surface area contributed by atoms with Gasteiger partial charge in [0.25, 0.3) is 0 Å². The molecule has 1 fully saturated rings. The van der Waals surface area contributed by atoms with Crippen molar-refractivity contribution >= 4 is 11.7 Å². The summed E-state index contributed by atoms with van der Waals surface area (Å²) < 4.78 is 39.8. The van der Waals surface area contributed by atoms with E-state index in [-0.39, 0.29) is 5.75 Å². The van der Waals surface area contributed by atoms with Crippen molar-refractivity contribution in [2.75, 3.05) is 11.9 Å². The topological polar surface area (TPSA) is 65.4 Å². The second kappa shape index (κ2) is 5.91. The van der Waals surface area contributed by atoms with Crippen molar-refractivity contribution in [1.29, 1.82) is 5.26 Å². The predicted octanol–water partition coefficient (Wildman–Crippen LogP) is 3.11. The number of carbonyl (C=O) groups is 1. The average molecular weight is 299 g/mol. The van der Waals surface area contributed by atoms with Gasteiger partial charge in [-0.1, -0.05) is 0 Å². The molecule has 1 atom stereocenters. The summed E-state index contributed by atoms with van der Waals surface area (Å²) in [6, 6.07) is 5.95. The molecule has 8 heteroatoms. The lowest BCUT2D eigenvalue weighted by Crippen LogP contribution is -2.37. The van der Waals surface area contributed by atoms with Crippen LogP contribution in [0.25, 0.3) is 0 Å². The fourth-order valence-electron chi connectivity index (χ4n) is 2.08. The highest BCUT2D eigenvalue weighted by molar-refractivity contribution is 5.90. The van der Waals surface area contributed by atoms with Gasteiger partial charge in [0.15, 0.2) is 0 Å². The maximum absolute atomic E-state index is 12.0. The molecule has 5 nitrogen and oxygen atoms in total. The van der Waals surface area contributed by atoms with Crippen molar-refractivity contribution in [3.63, 3.8) is 0 Å². The summed E-state index contributed by atoms with van der Waals surface area (Å²) in [6.45, 7) is 0.485. The van der Waals surface area contributed by atoms with E-state index in [1.807, 2.05) is 6.07 Å². The highest BCUT2D eigenvalue weighted by atomic mass is 19.4. The number of nitriles is 1. The molecule has 0 spiro atoms. The number of carbonyl (C=O) groups excluding carboxylic acids is 1. The molecule has 1 aromatic carbocycles. The van der Waals surface area contributed by atoms with Crippen molar-refractivity contribution < 1.29 is 22.7 Å². The number of hydrogen-bond donors (Lipinski definition) is 1. The lowest BCUT2D eigenvalue weighted by Gasteiger charge is -2.20. The molecule has 2 amide bonds. The maximum Gasteiger partial charge on any atom is 0.573 e. The number of ether oxygens (including phenoxy) is 1. The molecule has 0 aliphatic carbocycles. The minimum absolute atomic E-state index is 0.332. The number of nitrogens with one attached hydrogen (secondary N) is 1. The zero-order chi connectivity index (χ0) is 15.5. The fraction of sp³-hybridized carbons (Fsp3) is 0.385. The third kappa shape index (κ3) is 4.02. The lowest BCUT2D eigenvalue weighted by molar-refractivity contribution is -0.274. The quantitative estimate of drug-likeness (QED) is 0.912. The standard InChI is InChI=1S/C13H12F3N3O2/c14-13(15,16)21-11-5-3-9(4-6-11)18-12(20)19-7-1-2-10(19)8-17/h3-6,10H,1-2,7H2,(H,18,20). The second-order valence-corrected chi connectivity index (χ2v) is 4.48. The normalized spacial score (nSPS) is 18.2. The molecule has 1 aliphatic rings. The van der Waals surface area contributed by atoms with Crippen molar-refractivity contribution in [2.24, 2.45) is 0 Å². The first kappa shape index (κ1) is 15.0. The van der Waals surface area contributed by atoms with E-state index in [9.17, 15) is 18.0 Å². The molecule has 0 bridgehead atoms. The van der Waals surface area contributed by atoms with Gasteiger partial charge in [-0.2, -0.15) is 5.26 Å². The number of alkyl halides is 3. The molecule has 0 aromatic heterocycles. The number of urea groups is 1. The van der Waals surface area contributed by atoms with Gasteiger partial charge >= 0.3 is 12.4 Å². The van der Waals surface area contributed by atoms with E-state index in [0.717, 1.165) is 18.6 Å². The van der Waals surface area contributed by atoms with E-state index >= 15 is 0 Å². The highest BCUT2D eigenvalue weighted by Crippen LogP contribution is 2.24. The van der Waals surface area contributed by atoms with Crippen LogP contribution < -0.4 is 10.1 Å². The number of nitrogens with zero attached hydrogens (tertiary/aromatic N) is 2. The fourth-order valence-corrected chi connectivity index (χ4v) is 2.08. The Morgan fingerprint density at radius 1 is 1.38 bits per heavy atom. The Kier molecular flexibility index (Phi) is 4.21. The van der Waals surface area contributed by atoms with Crippen LogP contribution in [-0.4, -0.2) is 29.9 Å². The molecule has 0 radical (unpaired) electrons. The number of likely N-dealkylation sites (tertiary alicyclic amines) is 1. The van der Waals surface area contributed by atoms with Crippen LogP contribution in [0.3, 0.4) is 0 Å². The van der Waals surface area contributed by atoms with Gasteiger partial charge in [-0.05, 0) is 37.1 Å². The molecular weight excluding hydrogens is 287 g/mol. The number of amides is 2. The Labute approximate surface area is 118 Å². The summed E-state index contributed by atoms with van der Waals surface area (Å²) in [5.74, 6) is -0.364. The smallest absolute Gasteiger partial charge is 0.406 e. The third-order valence-corrected chi connectivity index (χ3v) is 3.00. The van der Waals surface area contributed by atoms with Gasteiger partial charge in [-0.3, -0.25) is 0 Å². The summed E-state index contributed by atoms with van der Waals surface area (Å²) >= 11 is 0. The minimum atomic E-state index is -4.75. The zero-order valence-corrected chi connectivity index (χ0v) is 10.9. The lowest BCUT2D eigenvalue weighted by atomic mass is 10.2. The van der Waals surface area contributed by atoms with Gasteiger partial charge in [-0.15, -0.1) is 13.2 Å². The summed E-state index contributed by atoms with van der Waals surface area (Å²) in [7, 11) is 0. The molecule has 112 valence electrons. The van der Waals surface area contributed by atoms with E-state index in [2.05, 4.69) is 10.1 Å². The molecule has 1 saturated heterocycles. The van der Waals surface area contributed by atoms with Gasteiger partial charge in [0.05, 0.1) is 6.07 Å². The summed E-state index contributed by atoms with van der Waals surface area (Å²) in [5.41, 5.74) is 0.332. The third-order valence-electron chi connectivity index (χ3n) is 3.00.